The molecule has 0 aliphatic heterocycles. The van der Waals surface area contributed by atoms with Gasteiger partial charge in [0.2, 0.25) is 0 Å². The van der Waals surface area contributed by atoms with Crippen LogP contribution in [-0.4, -0.2) is 19.5 Å². The zero-order chi connectivity index (χ0) is 11.0. The van der Waals surface area contributed by atoms with E-state index in [4.69, 9.17) is 18.0 Å². The summed E-state index contributed by atoms with van der Waals surface area (Å²) < 4.78 is 1.81. The number of thiazole rings is 1. The minimum atomic E-state index is 0.283. The molecule has 78 valence electrons. The summed E-state index contributed by atoms with van der Waals surface area (Å²) in [6.07, 6.45) is 3.48. The number of thiocarbonyl (C=S) groups is 1. The number of nitrogens with zero attached hydrogens (tertiary/aromatic N) is 3. The van der Waals surface area contributed by atoms with Crippen molar-refractivity contribution in [3.8, 4) is 5.13 Å². The van der Waals surface area contributed by atoms with Crippen molar-refractivity contribution in [3.05, 3.63) is 28.8 Å². The van der Waals surface area contributed by atoms with Crippen LogP contribution in [-0.2, 0) is 0 Å². The summed E-state index contributed by atoms with van der Waals surface area (Å²) in [6.45, 7) is 4.01. The molecule has 2 aromatic rings. The molecule has 2 heterocycles. The number of aryl methyl sites for hydroxylation is 2. The van der Waals surface area contributed by atoms with Crippen molar-refractivity contribution in [2.75, 3.05) is 0 Å². The zero-order valence-electron chi connectivity index (χ0n) is 8.39. The van der Waals surface area contributed by atoms with Crippen molar-refractivity contribution in [3.63, 3.8) is 0 Å². The van der Waals surface area contributed by atoms with Gasteiger partial charge in [0.25, 0.3) is 0 Å². The second kappa shape index (κ2) is 3.71. The first-order valence-electron chi connectivity index (χ1n) is 4.37. The third-order valence-electron chi connectivity index (χ3n) is 2.08. The molecule has 0 aliphatic carbocycles. The molecular weight excluding hydrogens is 228 g/mol. The summed E-state index contributed by atoms with van der Waals surface area (Å²) in [5.41, 5.74) is 6.59. The smallest absolute Gasteiger partial charge is 0.195 e. The van der Waals surface area contributed by atoms with Gasteiger partial charge in [0.15, 0.2) is 11.0 Å². The molecule has 0 spiro atoms. The molecule has 4 nitrogen and oxygen atoms in total. The van der Waals surface area contributed by atoms with Gasteiger partial charge in [-0.15, -0.1) is 11.3 Å². The van der Waals surface area contributed by atoms with E-state index >= 15 is 0 Å². The predicted octanol–water partition coefficient (Wildman–Crippen LogP) is 1.58. The number of aromatic nitrogens is 3. The van der Waals surface area contributed by atoms with E-state index in [-0.39, 0.29) is 4.99 Å². The van der Waals surface area contributed by atoms with Crippen LogP contribution in [0.1, 0.15) is 16.4 Å². The SMILES string of the molecule is Cc1nc(-n2ccnc2C(N)=S)sc1C. The van der Waals surface area contributed by atoms with Gasteiger partial charge in [-0.1, -0.05) is 12.2 Å². The molecule has 0 radical (unpaired) electrons. The fraction of sp³-hybridized carbons (Fsp3) is 0.222. The molecule has 2 rings (SSSR count). The van der Waals surface area contributed by atoms with Crippen molar-refractivity contribution in [1.29, 1.82) is 0 Å². The number of hydrogen-bond acceptors (Lipinski definition) is 4. The Bertz CT molecular complexity index is 492. The standard InChI is InChI=1S/C9H10N4S2/c1-5-6(2)15-9(12-5)13-4-3-11-8(13)7(10)14/h3-4H,1-2H3,(H2,10,14). The van der Waals surface area contributed by atoms with E-state index in [1.807, 2.05) is 24.6 Å². The monoisotopic (exact) mass is 238 g/mol. The Hall–Kier alpha value is -1.27. The minimum absolute atomic E-state index is 0.283. The molecule has 0 aliphatic rings. The predicted molar refractivity (Wildman–Crippen MR) is 64.6 cm³/mol. The lowest BCUT2D eigenvalue weighted by molar-refractivity contribution is 0.999. The normalized spacial score (nSPS) is 10.5. The first-order valence-corrected chi connectivity index (χ1v) is 5.59. The third kappa shape index (κ3) is 1.78. The summed E-state index contributed by atoms with van der Waals surface area (Å²) in [7, 11) is 0. The molecule has 0 fully saturated rings. The fourth-order valence-corrected chi connectivity index (χ4v) is 2.25. The largest absolute Gasteiger partial charge is 0.387 e. The van der Waals surface area contributed by atoms with Gasteiger partial charge in [-0.25, -0.2) is 9.97 Å². The van der Waals surface area contributed by atoms with Crippen LogP contribution in [0.5, 0.6) is 0 Å². The summed E-state index contributed by atoms with van der Waals surface area (Å²) in [4.78, 5) is 9.99. The highest BCUT2D eigenvalue weighted by Crippen LogP contribution is 2.21. The first kappa shape index (κ1) is 10.3. The fourth-order valence-electron chi connectivity index (χ4n) is 1.20. The summed E-state index contributed by atoms with van der Waals surface area (Å²) in [5.74, 6) is 0.582. The van der Waals surface area contributed by atoms with Crippen LogP contribution in [0, 0.1) is 13.8 Å². The Balaban J connectivity index is 2.54. The molecule has 0 bridgehead atoms. The van der Waals surface area contributed by atoms with Crippen molar-refractivity contribution in [2.45, 2.75) is 13.8 Å². The average molecular weight is 238 g/mol. The summed E-state index contributed by atoms with van der Waals surface area (Å²) in [5, 5.41) is 0.852. The molecule has 6 heteroatoms. The Labute approximate surface area is 96.8 Å². The van der Waals surface area contributed by atoms with E-state index in [2.05, 4.69) is 9.97 Å². The summed E-state index contributed by atoms with van der Waals surface area (Å²) >= 11 is 6.51. The van der Waals surface area contributed by atoms with Gasteiger partial charge in [-0.3, -0.25) is 4.57 Å². The first-order chi connectivity index (χ1) is 7.09. The lowest BCUT2D eigenvalue weighted by Crippen LogP contribution is -2.15. The molecule has 0 unspecified atom stereocenters. The molecule has 0 amide bonds. The van der Waals surface area contributed by atoms with Gasteiger partial charge in [-0.2, -0.15) is 0 Å². The van der Waals surface area contributed by atoms with E-state index in [0.717, 1.165) is 10.8 Å². The highest BCUT2D eigenvalue weighted by Gasteiger charge is 2.11. The lowest BCUT2D eigenvalue weighted by Gasteiger charge is -2.00. The molecule has 2 aromatic heterocycles. The number of rotatable bonds is 2. The van der Waals surface area contributed by atoms with Crippen LogP contribution in [0.3, 0.4) is 0 Å². The topological polar surface area (TPSA) is 56.7 Å². The van der Waals surface area contributed by atoms with Crippen molar-refractivity contribution < 1.29 is 0 Å². The Kier molecular flexibility index (Phi) is 2.54. The second-order valence-corrected chi connectivity index (χ2v) is 4.74. The van der Waals surface area contributed by atoms with Crippen LogP contribution in [0.15, 0.2) is 12.4 Å². The highest BCUT2D eigenvalue weighted by molar-refractivity contribution is 7.80. The van der Waals surface area contributed by atoms with Crippen LogP contribution >= 0.6 is 23.6 Å². The van der Waals surface area contributed by atoms with Gasteiger partial charge in [0.05, 0.1) is 5.69 Å². The van der Waals surface area contributed by atoms with Gasteiger partial charge in [0.1, 0.15) is 4.99 Å². The zero-order valence-corrected chi connectivity index (χ0v) is 10.0. The Morgan fingerprint density at radius 1 is 1.53 bits per heavy atom. The maximum absolute atomic E-state index is 5.57. The molecular formula is C9H10N4S2. The maximum atomic E-state index is 5.57. The van der Waals surface area contributed by atoms with E-state index < -0.39 is 0 Å². The molecule has 0 atom stereocenters. The molecule has 0 saturated heterocycles. The molecule has 2 N–H and O–H groups in total. The Morgan fingerprint density at radius 3 is 2.80 bits per heavy atom. The minimum Gasteiger partial charge on any atom is -0.387 e. The van der Waals surface area contributed by atoms with Crippen LogP contribution < -0.4 is 5.73 Å². The summed E-state index contributed by atoms with van der Waals surface area (Å²) in [6, 6.07) is 0. The molecule has 0 aromatic carbocycles. The van der Waals surface area contributed by atoms with E-state index in [1.165, 1.54) is 4.88 Å². The lowest BCUT2D eigenvalue weighted by atomic mass is 10.4. The molecule has 0 saturated carbocycles. The number of hydrogen-bond donors (Lipinski definition) is 1. The molecule has 15 heavy (non-hydrogen) atoms. The highest BCUT2D eigenvalue weighted by atomic mass is 32.1. The van der Waals surface area contributed by atoms with Crippen molar-refractivity contribution in [1.82, 2.24) is 14.5 Å². The van der Waals surface area contributed by atoms with E-state index in [9.17, 15) is 0 Å². The quantitative estimate of drug-likeness (QED) is 0.807. The van der Waals surface area contributed by atoms with E-state index in [1.54, 1.807) is 17.5 Å². The van der Waals surface area contributed by atoms with Gasteiger partial charge in [0, 0.05) is 17.3 Å². The van der Waals surface area contributed by atoms with Crippen molar-refractivity contribution in [2.24, 2.45) is 5.73 Å². The van der Waals surface area contributed by atoms with Crippen molar-refractivity contribution >= 4 is 28.5 Å². The average Bonchev–Trinajstić information content (AvgIpc) is 2.73. The van der Waals surface area contributed by atoms with Crippen LogP contribution in [0.25, 0.3) is 5.13 Å². The van der Waals surface area contributed by atoms with E-state index in [0.29, 0.717) is 5.82 Å². The number of nitrogens with two attached hydrogens (primary N) is 1. The second-order valence-electron chi connectivity index (χ2n) is 3.12. The van der Waals surface area contributed by atoms with Crippen LogP contribution in [0.4, 0.5) is 0 Å². The van der Waals surface area contributed by atoms with Gasteiger partial charge in [-0.05, 0) is 13.8 Å². The van der Waals surface area contributed by atoms with Gasteiger partial charge < -0.3 is 5.73 Å². The van der Waals surface area contributed by atoms with Crippen LogP contribution in [0.2, 0.25) is 0 Å². The third-order valence-corrected chi connectivity index (χ3v) is 3.34. The number of imidazole rings is 1. The Morgan fingerprint density at radius 2 is 2.27 bits per heavy atom. The van der Waals surface area contributed by atoms with Gasteiger partial charge >= 0.3 is 0 Å². The maximum Gasteiger partial charge on any atom is 0.195 e.